The second kappa shape index (κ2) is 9.41. The zero-order chi connectivity index (χ0) is 25.5. The normalized spacial score (nSPS) is 16.4. The Morgan fingerprint density at radius 2 is 1.65 bits per heavy atom. The molecule has 0 spiro atoms. The number of benzene rings is 3. The Kier molecular flexibility index (Phi) is 5.93. The zero-order valence-corrected chi connectivity index (χ0v) is 21.7. The molecule has 1 unspecified atom stereocenters. The van der Waals surface area contributed by atoms with Gasteiger partial charge in [-0.05, 0) is 53.8 Å². The van der Waals surface area contributed by atoms with Crippen LogP contribution >= 0.6 is 11.3 Å². The van der Waals surface area contributed by atoms with E-state index in [2.05, 4.69) is 24.3 Å². The Hall–Kier alpha value is -4.10. The highest BCUT2D eigenvalue weighted by Gasteiger charge is 2.33. The van der Waals surface area contributed by atoms with E-state index in [1.165, 1.54) is 16.9 Å². The minimum absolute atomic E-state index is 0.0696. The maximum Gasteiger partial charge on any atom is 0.271 e. The van der Waals surface area contributed by atoms with Gasteiger partial charge in [-0.1, -0.05) is 59.9 Å². The lowest BCUT2D eigenvalue weighted by Gasteiger charge is -2.31. The van der Waals surface area contributed by atoms with Gasteiger partial charge in [0.2, 0.25) is 0 Å². The number of aryl methyl sites for hydroxylation is 1. The second-order valence-electron chi connectivity index (χ2n) is 8.97. The summed E-state index contributed by atoms with van der Waals surface area (Å²) in [6.45, 7) is 0. The minimum atomic E-state index is -0.289. The minimum Gasteiger partial charge on any atom is -0.496 e. The van der Waals surface area contributed by atoms with Crippen LogP contribution in [0.2, 0.25) is 0 Å². The van der Waals surface area contributed by atoms with Crippen LogP contribution in [-0.4, -0.2) is 25.9 Å². The largest absolute Gasteiger partial charge is 0.496 e. The number of fused-ring (bicyclic) bond motifs is 3. The predicted molar refractivity (Wildman–Crippen MR) is 145 cm³/mol. The molecule has 0 saturated carbocycles. The number of hydrogen-bond donors (Lipinski definition) is 0. The summed E-state index contributed by atoms with van der Waals surface area (Å²) in [5.41, 5.74) is 6.29. The highest BCUT2D eigenvalue weighted by atomic mass is 32.1. The first-order chi connectivity index (χ1) is 18.1. The molecule has 0 amide bonds. The van der Waals surface area contributed by atoms with E-state index in [1.807, 2.05) is 53.1 Å². The van der Waals surface area contributed by atoms with E-state index >= 15 is 0 Å². The van der Waals surface area contributed by atoms with Gasteiger partial charge in [0.25, 0.3) is 5.56 Å². The highest BCUT2D eigenvalue weighted by molar-refractivity contribution is 7.07. The summed E-state index contributed by atoms with van der Waals surface area (Å²) in [4.78, 5) is 19.7. The summed E-state index contributed by atoms with van der Waals surface area (Å²) in [6.07, 6.45) is 3.63. The van der Waals surface area contributed by atoms with Crippen LogP contribution < -0.4 is 29.1 Å². The Morgan fingerprint density at radius 3 is 2.46 bits per heavy atom. The highest BCUT2D eigenvalue weighted by Crippen LogP contribution is 2.43. The summed E-state index contributed by atoms with van der Waals surface area (Å²) < 4.78 is 19.0. The maximum absolute atomic E-state index is 14.0. The molecule has 1 aliphatic heterocycles. The number of nitrogens with zero attached hydrogens (tertiary/aromatic N) is 2. The molecule has 7 heteroatoms. The van der Waals surface area contributed by atoms with Crippen LogP contribution in [0.3, 0.4) is 0 Å². The van der Waals surface area contributed by atoms with Crippen molar-refractivity contribution >= 4 is 23.1 Å². The van der Waals surface area contributed by atoms with Crippen LogP contribution in [0.25, 0.3) is 11.8 Å². The molecule has 0 saturated heterocycles. The lowest BCUT2D eigenvalue weighted by molar-refractivity contribution is 0.355. The summed E-state index contributed by atoms with van der Waals surface area (Å²) in [5.74, 6) is 2.01. The fraction of sp³-hybridized carbons (Fsp3) is 0.200. The Morgan fingerprint density at radius 1 is 0.892 bits per heavy atom. The van der Waals surface area contributed by atoms with Crippen molar-refractivity contribution in [2.75, 3.05) is 21.3 Å². The van der Waals surface area contributed by atoms with E-state index in [0.29, 0.717) is 20.8 Å². The van der Waals surface area contributed by atoms with Crippen molar-refractivity contribution in [2.45, 2.75) is 18.9 Å². The van der Waals surface area contributed by atoms with Gasteiger partial charge in [0.05, 0.1) is 37.6 Å². The molecule has 0 radical (unpaired) electrons. The molecule has 0 bridgehead atoms. The van der Waals surface area contributed by atoms with E-state index in [9.17, 15) is 4.79 Å². The summed E-state index contributed by atoms with van der Waals surface area (Å²) in [6, 6.07) is 21.7. The van der Waals surface area contributed by atoms with Crippen molar-refractivity contribution in [3.63, 3.8) is 0 Å². The fourth-order valence-electron chi connectivity index (χ4n) is 5.29. The van der Waals surface area contributed by atoms with Gasteiger partial charge in [0, 0.05) is 11.1 Å². The number of hydrogen-bond acceptors (Lipinski definition) is 6. The van der Waals surface area contributed by atoms with Crippen molar-refractivity contribution < 1.29 is 14.2 Å². The van der Waals surface area contributed by atoms with Crippen molar-refractivity contribution in [3.05, 3.63) is 114 Å². The van der Waals surface area contributed by atoms with Crippen LogP contribution in [-0.2, 0) is 6.42 Å². The Balaban J connectivity index is 1.61. The van der Waals surface area contributed by atoms with Gasteiger partial charge in [-0.3, -0.25) is 9.36 Å². The van der Waals surface area contributed by atoms with E-state index in [0.717, 1.165) is 46.6 Å². The SMILES string of the molecule is COc1ccc(/C=c2\sc3n(c2=O)C(c2ccccc2OC)C2=C(N=3)c3ccccc3CC2)cc1OC. The van der Waals surface area contributed by atoms with Crippen LogP contribution in [0.4, 0.5) is 0 Å². The predicted octanol–water partition coefficient (Wildman–Crippen LogP) is 4.34. The number of aromatic nitrogens is 1. The first kappa shape index (κ1) is 23.3. The van der Waals surface area contributed by atoms with Crippen molar-refractivity contribution in [3.8, 4) is 17.2 Å². The lowest BCUT2D eigenvalue weighted by atomic mass is 9.83. The molecular formula is C30H26N2O4S. The van der Waals surface area contributed by atoms with Gasteiger partial charge in [0.1, 0.15) is 5.75 Å². The number of rotatable bonds is 5. The molecule has 1 aromatic heterocycles. The van der Waals surface area contributed by atoms with Crippen molar-refractivity contribution in [1.82, 2.24) is 4.57 Å². The zero-order valence-electron chi connectivity index (χ0n) is 20.9. The van der Waals surface area contributed by atoms with E-state index < -0.39 is 0 Å². The molecule has 0 N–H and O–H groups in total. The third kappa shape index (κ3) is 3.86. The molecule has 6 rings (SSSR count). The monoisotopic (exact) mass is 510 g/mol. The van der Waals surface area contributed by atoms with Gasteiger partial charge in [0.15, 0.2) is 16.3 Å². The molecule has 0 fully saturated rings. The summed E-state index contributed by atoms with van der Waals surface area (Å²) >= 11 is 1.40. The summed E-state index contributed by atoms with van der Waals surface area (Å²) in [5, 5.41) is 0. The van der Waals surface area contributed by atoms with Gasteiger partial charge in [-0.25, -0.2) is 4.99 Å². The molecular weight excluding hydrogens is 484 g/mol. The van der Waals surface area contributed by atoms with Crippen LogP contribution in [0.1, 0.15) is 34.7 Å². The van der Waals surface area contributed by atoms with Crippen LogP contribution in [0, 0.1) is 0 Å². The molecule has 37 heavy (non-hydrogen) atoms. The average molecular weight is 511 g/mol. The molecule has 2 aliphatic rings. The average Bonchev–Trinajstić information content (AvgIpc) is 3.25. The van der Waals surface area contributed by atoms with Crippen molar-refractivity contribution in [2.24, 2.45) is 4.99 Å². The standard InChI is InChI=1S/C30H26N2O4S/c1-34-23-11-7-6-10-21(23)28-22-14-13-19-8-4-5-9-20(19)27(22)31-30-32(28)29(33)26(37-30)17-18-12-15-24(35-2)25(16-18)36-3/h4-12,15-17,28H,13-14H2,1-3H3/b26-17-. The lowest BCUT2D eigenvalue weighted by Crippen LogP contribution is -2.39. The first-order valence-corrected chi connectivity index (χ1v) is 12.9. The van der Waals surface area contributed by atoms with E-state index in [-0.39, 0.29) is 11.6 Å². The fourth-order valence-corrected chi connectivity index (χ4v) is 6.29. The second-order valence-corrected chi connectivity index (χ2v) is 9.98. The third-order valence-corrected chi connectivity index (χ3v) is 7.99. The smallest absolute Gasteiger partial charge is 0.271 e. The number of thiazole rings is 1. The molecule has 2 heterocycles. The van der Waals surface area contributed by atoms with Gasteiger partial charge in [-0.2, -0.15) is 0 Å². The van der Waals surface area contributed by atoms with Crippen LogP contribution in [0.15, 0.2) is 82.1 Å². The number of ether oxygens (including phenoxy) is 3. The molecule has 1 atom stereocenters. The Labute approximate surface area is 218 Å². The van der Waals surface area contributed by atoms with Gasteiger partial charge < -0.3 is 14.2 Å². The summed E-state index contributed by atoms with van der Waals surface area (Å²) in [7, 11) is 4.88. The Bertz CT molecular complexity index is 1730. The molecule has 3 aromatic carbocycles. The number of methoxy groups -OCH3 is 3. The maximum atomic E-state index is 14.0. The topological polar surface area (TPSA) is 62.0 Å². The molecule has 6 nitrogen and oxygen atoms in total. The van der Waals surface area contributed by atoms with Gasteiger partial charge >= 0.3 is 0 Å². The van der Waals surface area contributed by atoms with Gasteiger partial charge in [-0.15, -0.1) is 0 Å². The third-order valence-electron chi connectivity index (χ3n) is 7.01. The number of allylic oxidation sites excluding steroid dienone is 1. The van der Waals surface area contributed by atoms with E-state index in [4.69, 9.17) is 19.2 Å². The quantitative estimate of drug-likeness (QED) is 0.401. The van der Waals surface area contributed by atoms with E-state index in [1.54, 1.807) is 21.3 Å². The molecule has 4 aromatic rings. The van der Waals surface area contributed by atoms with Crippen LogP contribution in [0.5, 0.6) is 17.2 Å². The van der Waals surface area contributed by atoms with Crippen molar-refractivity contribution in [1.29, 1.82) is 0 Å². The molecule has 186 valence electrons. The number of para-hydroxylation sites is 1. The molecule has 1 aliphatic carbocycles. The first-order valence-electron chi connectivity index (χ1n) is 12.1.